The highest BCUT2D eigenvalue weighted by Crippen LogP contribution is 2.33. The van der Waals surface area contributed by atoms with Crippen LogP contribution in [0.15, 0.2) is 42.6 Å². The lowest BCUT2D eigenvalue weighted by Crippen LogP contribution is -2.15. The molecule has 0 unspecified atom stereocenters. The molecule has 2 N–H and O–H groups in total. The molecule has 0 bridgehead atoms. The quantitative estimate of drug-likeness (QED) is 0.770. The minimum Gasteiger partial charge on any atom is -0.325 e. The number of aryl methyl sites for hydroxylation is 1. The van der Waals surface area contributed by atoms with Gasteiger partial charge in [0, 0.05) is 11.1 Å². The van der Waals surface area contributed by atoms with E-state index in [1.807, 2.05) is 19.1 Å². The van der Waals surface area contributed by atoms with Crippen LogP contribution in [0.3, 0.4) is 0 Å². The fraction of sp³-hybridized carbons (Fsp3) is 0.125. The molecular formula is C16H14FN3OS. The summed E-state index contributed by atoms with van der Waals surface area (Å²) in [7, 11) is 0. The molecule has 0 saturated heterocycles. The number of nitrogens with zero attached hydrogens (tertiary/aromatic N) is 1. The first-order valence-corrected chi connectivity index (χ1v) is 7.58. The van der Waals surface area contributed by atoms with Crippen molar-refractivity contribution in [2.24, 2.45) is 0 Å². The predicted octanol–water partition coefficient (Wildman–Crippen LogP) is 3.77. The SMILES string of the molecule is Cc1sc(-c2ccn[nH]2)cc1NC(=O)Cc1ccccc1F. The average Bonchev–Trinajstić information content (AvgIpc) is 3.12. The molecule has 4 nitrogen and oxygen atoms in total. The number of hydrogen-bond acceptors (Lipinski definition) is 3. The number of carbonyl (C=O) groups excluding carboxylic acids is 1. The molecule has 2 heterocycles. The number of hydrogen-bond donors (Lipinski definition) is 2. The molecule has 0 aliphatic heterocycles. The number of rotatable bonds is 4. The maximum Gasteiger partial charge on any atom is 0.228 e. The Kier molecular flexibility index (Phi) is 4.02. The number of carbonyl (C=O) groups is 1. The Bertz CT molecular complexity index is 796. The van der Waals surface area contributed by atoms with E-state index in [0.717, 1.165) is 21.1 Å². The van der Waals surface area contributed by atoms with Gasteiger partial charge in [0.15, 0.2) is 0 Å². The fourth-order valence-electron chi connectivity index (χ4n) is 2.14. The van der Waals surface area contributed by atoms with E-state index in [0.29, 0.717) is 5.56 Å². The van der Waals surface area contributed by atoms with E-state index in [1.54, 1.807) is 35.7 Å². The Labute approximate surface area is 131 Å². The molecule has 22 heavy (non-hydrogen) atoms. The van der Waals surface area contributed by atoms with Crippen LogP contribution in [0, 0.1) is 12.7 Å². The Balaban J connectivity index is 1.73. The maximum atomic E-state index is 13.6. The zero-order valence-corrected chi connectivity index (χ0v) is 12.7. The topological polar surface area (TPSA) is 57.8 Å². The van der Waals surface area contributed by atoms with Gasteiger partial charge in [0.05, 0.1) is 22.7 Å². The van der Waals surface area contributed by atoms with E-state index in [1.165, 1.54) is 6.07 Å². The smallest absolute Gasteiger partial charge is 0.228 e. The number of halogens is 1. The number of aromatic nitrogens is 2. The van der Waals surface area contributed by atoms with Crippen molar-refractivity contribution >= 4 is 22.9 Å². The van der Waals surface area contributed by atoms with E-state index in [9.17, 15) is 9.18 Å². The Morgan fingerprint density at radius 1 is 1.36 bits per heavy atom. The van der Waals surface area contributed by atoms with Gasteiger partial charge in [-0.3, -0.25) is 9.89 Å². The van der Waals surface area contributed by atoms with Crippen LogP contribution in [0.1, 0.15) is 10.4 Å². The first-order chi connectivity index (χ1) is 10.6. The van der Waals surface area contributed by atoms with Crippen molar-refractivity contribution < 1.29 is 9.18 Å². The van der Waals surface area contributed by atoms with Gasteiger partial charge in [0.25, 0.3) is 0 Å². The van der Waals surface area contributed by atoms with Gasteiger partial charge in [0.2, 0.25) is 5.91 Å². The summed E-state index contributed by atoms with van der Waals surface area (Å²) in [5.41, 5.74) is 2.04. The molecule has 112 valence electrons. The third-order valence-electron chi connectivity index (χ3n) is 3.27. The van der Waals surface area contributed by atoms with E-state index >= 15 is 0 Å². The number of thiophene rings is 1. The first kappa shape index (κ1) is 14.5. The number of amides is 1. The maximum absolute atomic E-state index is 13.6. The molecule has 2 aromatic heterocycles. The third kappa shape index (κ3) is 3.07. The largest absolute Gasteiger partial charge is 0.325 e. The van der Waals surface area contributed by atoms with E-state index < -0.39 is 0 Å². The molecule has 0 radical (unpaired) electrons. The Morgan fingerprint density at radius 2 is 2.18 bits per heavy atom. The fourth-order valence-corrected chi connectivity index (χ4v) is 3.09. The van der Waals surface area contributed by atoms with Crippen LogP contribution in [0.25, 0.3) is 10.6 Å². The van der Waals surface area contributed by atoms with Crippen LogP contribution in [-0.2, 0) is 11.2 Å². The molecular weight excluding hydrogens is 301 g/mol. The summed E-state index contributed by atoms with van der Waals surface area (Å²) >= 11 is 1.56. The molecule has 1 amide bonds. The van der Waals surface area contributed by atoms with Crippen molar-refractivity contribution in [2.75, 3.05) is 5.32 Å². The highest BCUT2D eigenvalue weighted by atomic mass is 32.1. The number of H-pyrrole nitrogens is 1. The standard InChI is InChI=1S/C16H14FN3OS/c1-10-14(9-15(22-10)13-6-7-18-20-13)19-16(21)8-11-4-2-3-5-12(11)17/h2-7,9H,8H2,1H3,(H,18,20)(H,19,21). The molecule has 6 heteroatoms. The lowest BCUT2D eigenvalue weighted by molar-refractivity contribution is -0.115. The minimum absolute atomic E-state index is 0.0152. The average molecular weight is 315 g/mol. The van der Waals surface area contributed by atoms with Crippen LogP contribution in [0.5, 0.6) is 0 Å². The van der Waals surface area contributed by atoms with Crippen molar-refractivity contribution in [3.05, 3.63) is 58.9 Å². The van der Waals surface area contributed by atoms with Gasteiger partial charge >= 0.3 is 0 Å². The van der Waals surface area contributed by atoms with E-state index in [4.69, 9.17) is 0 Å². The number of aromatic amines is 1. The second kappa shape index (κ2) is 6.11. The van der Waals surface area contributed by atoms with Crippen molar-refractivity contribution in [3.63, 3.8) is 0 Å². The summed E-state index contributed by atoms with van der Waals surface area (Å²) in [6, 6.07) is 10.1. The van der Waals surface area contributed by atoms with Crippen molar-refractivity contribution in [1.82, 2.24) is 10.2 Å². The van der Waals surface area contributed by atoms with E-state index in [2.05, 4.69) is 15.5 Å². The van der Waals surface area contributed by atoms with Crippen LogP contribution >= 0.6 is 11.3 Å². The molecule has 3 aromatic rings. The second-order valence-electron chi connectivity index (χ2n) is 4.87. The summed E-state index contributed by atoms with van der Waals surface area (Å²) in [5, 5.41) is 9.65. The van der Waals surface area contributed by atoms with Gasteiger partial charge in [0.1, 0.15) is 5.82 Å². The summed E-state index contributed by atoms with van der Waals surface area (Å²) in [5.74, 6) is -0.597. The van der Waals surface area contributed by atoms with Crippen LogP contribution in [-0.4, -0.2) is 16.1 Å². The molecule has 0 atom stereocenters. The first-order valence-electron chi connectivity index (χ1n) is 6.77. The van der Waals surface area contributed by atoms with Gasteiger partial charge in [-0.15, -0.1) is 11.3 Å². The molecule has 3 rings (SSSR count). The lowest BCUT2D eigenvalue weighted by Gasteiger charge is -2.05. The van der Waals surface area contributed by atoms with Crippen molar-refractivity contribution in [2.45, 2.75) is 13.3 Å². The highest BCUT2D eigenvalue weighted by molar-refractivity contribution is 7.16. The molecule has 0 spiro atoms. The molecule has 1 aromatic carbocycles. The van der Waals surface area contributed by atoms with Gasteiger partial charge < -0.3 is 5.32 Å². The van der Waals surface area contributed by atoms with Crippen LogP contribution in [0.4, 0.5) is 10.1 Å². The number of benzene rings is 1. The zero-order chi connectivity index (χ0) is 15.5. The summed E-state index contributed by atoms with van der Waals surface area (Å²) in [4.78, 5) is 14.1. The van der Waals surface area contributed by atoms with Crippen LogP contribution < -0.4 is 5.32 Å². The molecule has 0 aliphatic carbocycles. The molecule has 0 fully saturated rings. The van der Waals surface area contributed by atoms with Gasteiger partial charge in [-0.25, -0.2) is 4.39 Å². The normalized spacial score (nSPS) is 10.6. The predicted molar refractivity (Wildman–Crippen MR) is 85.4 cm³/mol. The van der Waals surface area contributed by atoms with Crippen molar-refractivity contribution in [3.8, 4) is 10.6 Å². The van der Waals surface area contributed by atoms with Gasteiger partial charge in [-0.05, 0) is 30.7 Å². The van der Waals surface area contributed by atoms with E-state index in [-0.39, 0.29) is 18.1 Å². The second-order valence-corrected chi connectivity index (χ2v) is 6.12. The highest BCUT2D eigenvalue weighted by Gasteiger charge is 2.12. The summed E-state index contributed by atoms with van der Waals surface area (Å²) in [6.45, 7) is 1.93. The number of anilines is 1. The van der Waals surface area contributed by atoms with Gasteiger partial charge in [-0.2, -0.15) is 5.10 Å². The molecule has 0 aliphatic rings. The summed E-state index contributed by atoms with van der Waals surface area (Å²) in [6.07, 6.45) is 1.70. The van der Waals surface area contributed by atoms with Crippen molar-refractivity contribution in [1.29, 1.82) is 0 Å². The minimum atomic E-state index is -0.363. The Morgan fingerprint density at radius 3 is 2.91 bits per heavy atom. The summed E-state index contributed by atoms with van der Waals surface area (Å²) < 4.78 is 13.6. The third-order valence-corrected chi connectivity index (χ3v) is 4.35. The Hall–Kier alpha value is -2.47. The zero-order valence-electron chi connectivity index (χ0n) is 11.9. The van der Waals surface area contributed by atoms with Gasteiger partial charge in [-0.1, -0.05) is 18.2 Å². The van der Waals surface area contributed by atoms with Crippen LogP contribution in [0.2, 0.25) is 0 Å². The lowest BCUT2D eigenvalue weighted by atomic mass is 10.1. The molecule has 0 saturated carbocycles. The monoisotopic (exact) mass is 315 g/mol. The number of nitrogens with one attached hydrogen (secondary N) is 2.